The molecule has 2 rings (SSSR count). The molecule has 0 unspecified atom stereocenters. The number of nitrogens with two attached hydrogens (primary N) is 1. The molecule has 0 aliphatic carbocycles. The second-order valence-corrected chi connectivity index (χ2v) is 4.28. The van der Waals surface area contributed by atoms with Crippen molar-refractivity contribution >= 4 is 33.3 Å². The molecule has 0 saturated heterocycles. The standard InChI is InChI=1S/C10H7BrClN3O/c11-6-1-2-8(7(12)3-6)16-10-4-9(13)14-5-15-10/h1-5H,(H2,13,14,15). The molecule has 1 aromatic heterocycles. The van der Waals surface area contributed by atoms with E-state index < -0.39 is 0 Å². The molecule has 0 saturated carbocycles. The first-order valence-corrected chi connectivity index (χ1v) is 5.52. The van der Waals surface area contributed by atoms with Crippen molar-refractivity contribution in [3.05, 3.63) is 40.1 Å². The molecule has 0 fully saturated rings. The van der Waals surface area contributed by atoms with Crippen LogP contribution >= 0.6 is 27.5 Å². The Kier molecular flexibility index (Phi) is 3.26. The lowest BCUT2D eigenvalue weighted by Gasteiger charge is -2.06. The zero-order valence-electron chi connectivity index (χ0n) is 8.02. The fourth-order valence-electron chi connectivity index (χ4n) is 1.08. The zero-order chi connectivity index (χ0) is 11.5. The number of hydrogen-bond acceptors (Lipinski definition) is 4. The maximum Gasteiger partial charge on any atom is 0.224 e. The second-order valence-electron chi connectivity index (χ2n) is 2.96. The molecule has 0 aliphatic rings. The van der Waals surface area contributed by atoms with Crippen molar-refractivity contribution in [3.8, 4) is 11.6 Å². The van der Waals surface area contributed by atoms with E-state index in [0.717, 1.165) is 4.47 Å². The minimum atomic E-state index is 0.346. The predicted molar refractivity (Wildman–Crippen MR) is 65.7 cm³/mol. The number of nitrogens with zero attached hydrogens (tertiary/aromatic N) is 2. The van der Waals surface area contributed by atoms with Crippen molar-refractivity contribution in [2.45, 2.75) is 0 Å². The van der Waals surface area contributed by atoms with Gasteiger partial charge >= 0.3 is 0 Å². The molecule has 16 heavy (non-hydrogen) atoms. The van der Waals surface area contributed by atoms with Crippen LogP contribution in [-0.2, 0) is 0 Å². The molecule has 4 nitrogen and oxygen atoms in total. The van der Waals surface area contributed by atoms with Gasteiger partial charge in [0, 0.05) is 10.5 Å². The van der Waals surface area contributed by atoms with Crippen molar-refractivity contribution < 1.29 is 4.74 Å². The highest BCUT2D eigenvalue weighted by Gasteiger charge is 2.04. The first-order chi connectivity index (χ1) is 7.65. The summed E-state index contributed by atoms with van der Waals surface area (Å²) in [5.41, 5.74) is 5.50. The highest BCUT2D eigenvalue weighted by Crippen LogP contribution is 2.30. The van der Waals surface area contributed by atoms with E-state index in [0.29, 0.717) is 22.5 Å². The largest absolute Gasteiger partial charge is 0.437 e. The van der Waals surface area contributed by atoms with E-state index in [-0.39, 0.29) is 0 Å². The molecule has 0 atom stereocenters. The third-order valence-electron chi connectivity index (χ3n) is 1.77. The average molecular weight is 301 g/mol. The summed E-state index contributed by atoms with van der Waals surface area (Å²) in [4.78, 5) is 7.68. The number of rotatable bonds is 2. The van der Waals surface area contributed by atoms with Gasteiger partial charge in [-0.2, -0.15) is 0 Å². The van der Waals surface area contributed by atoms with Crippen LogP contribution in [0.15, 0.2) is 35.1 Å². The Morgan fingerprint density at radius 3 is 2.75 bits per heavy atom. The second kappa shape index (κ2) is 4.67. The highest BCUT2D eigenvalue weighted by atomic mass is 79.9. The fraction of sp³-hybridized carbons (Fsp3) is 0. The Labute approximate surface area is 106 Å². The lowest BCUT2D eigenvalue weighted by Crippen LogP contribution is -1.94. The van der Waals surface area contributed by atoms with Crippen molar-refractivity contribution in [2.24, 2.45) is 0 Å². The molecule has 0 aliphatic heterocycles. The number of anilines is 1. The van der Waals surface area contributed by atoms with Crippen molar-refractivity contribution in [1.29, 1.82) is 0 Å². The van der Waals surface area contributed by atoms with Gasteiger partial charge in [-0.3, -0.25) is 0 Å². The van der Waals surface area contributed by atoms with Gasteiger partial charge in [0.25, 0.3) is 0 Å². The van der Waals surface area contributed by atoms with Gasteiger partial charge in [-0.15, -0.1) is 0 Å². The Morgan fingerprint density at radius 2 is 2.06 bits per heavy atom. The van der Waals surface area contributed by atoms with Crippen LogP contribution in [0.5, 0.6) is 11.6 Å². The molecule has 0 bridgehead atoms. The molecule has 2 N–H and O–H groups in total. The monoisotopic (exact) mass is 299 g/mol. The van der Waals surface area contributed by atoms with E-state index in [1.807, 2.05) is 6.07 Å². The molecular weight excluding hydrogens is 293 g/mol. The maximum absolute atomic E-state index is 5.99. The van der Waals surface area contributed by atoms with Gasteiger partial charge in [0.05, 0.1) is 5.02 Å². The quantitative estimate of drug-likeness (QED) is 0.924. The molecule has 0 radical (unpaired) electrons. The summed E-state index contributed by atoms with van der Waals surface area (Å²) in [5, 5.41) is 0.492. The third kappa shape index (κ3) is 2.62. The maximum atomic E-state index is 5.99. The van der Waals surface area contributed by atoms with Crippen LogP contribution in [0, 0.1) is 0 Å². The van der Waals surface area contributed by atoms with Gasteiger partial charge in [0.1, 0.15) is 17.9 Å². The van der Waals surface area contributed by atoms with Crippen LogP contribution < -0.4 is 10.5 Å². The smallest absolute Gasteiger partial charge is 0.224 e. The van der Waals surface area contributed by atoms with Gasteiger partial charge in [-0.1, -0.05) is 27.5 Å². The average Bonchev–Trinajstić information content (AvgIpc) is 2.22. The van der Waals surface area contributed by atoms with E-state index in [1.165, 1.54) is 12.4 Å². The number of nitrogen functional groups attached to an aromatic ring is 1. The summed E-state index contributed by atoms with van der Waals surface area (Å²) in [6.45, 7) is 0. The fourth-order valence-corrected chi connectivity index (χ4v) is 1.79. The first-order valence-electron chi connectivity index (χ1n) is 4.35. The normalized spacial score (nSPS) is 10.1. The van der Waals surface area contributed by atoms with Crippen molar-refractivity contribution in [3.63, 3.8) is 0 Å². The third-order valence-corrected chi connectivity index (χ3v) is 2.56. The van der Waals surface area contributed by atoms with Crippen LogP contribution in [0.4, 0.5) is 5.82 Å². The SMILES string of the molecule is Nc1cc(Oc2ccc(Br)cc2Cl)ncn1. The molecular formula is C10H7BrClN3O. The summed E-state index contributed by atoms with van der Waals surface area (Å²) in [6.07, 6.45) is 1.33. The van der Waals surface area contributed by atoms with Gasteiger partial charge in [0.15, 0.2) is 0 Å². The van der Waals surface area contributed by atoms with Crippen LogP contribution in [0.25, 0.3) is 0 Å². The number of halogens is 2. The molecule has 0 amide bonds. The summed E-state index contributed by atoms with van der Waals surface area (Å²) < 4.78 is 6.34. The van der Waals surface area contributed by atoms with Gasteiger partial charge < -0.3 is 10.5 Å². The topological polar surface area (TPSA) is 61.0 Å². The molecule has 2 aromatic rings. The Hall–Kier alpha value is -1.33. The van der Waals surface area contributed by atoms with Crippen LogP contribution in [0.3, 0.4) is 0 Å². The van der Waals surface area contributed by atoms with Crippen LogP contribution in [0.2, 0.25) is 5.02 Å². The van der Waals surface area contributed by atoms with E-state index >= 15 is 0 Å². The Bertz CT molecular complexity index is 521. The molecule has 6 heteroatoms. The van der Waals surface area contributed by atoms with E-state index in [1.54, 1.807) is 12.1 Å². The minimum Gasteiger partial charge on any atom is -0.437 e. The van der Waals surface area contributed by atoms with Crippen LogP contribution in [0.1, 0.15) is 0 Å². The van der Waals surface area contributed by atoms with Gasteiger partial charge in [-0.05, 0) is 18.2 Å². The highest BCUT2D eigenvalue weighted by molar-refractivity contribution is 9.10. The van der Waals surface area contributed by atoms with E-state index in [2.05, 4.69) is 25.9 Å². The summed E-state index contributed by atoms with van der Waals surface area (Å²) >= 11 is 9.30. The lowest BCUT2D eigenvalue weighted by atomic mass is 10.3. The Morgan fingerprint density at radius 1 is 1.25 bits per heavy atom. The summed E-state index contributed by atoms with van der Waals surface area (Å²) in [7, 11) is 0. The molecule has 0 spiro atoms. The van der Waals surface area contributed by atoms with E-state index in [4.69, 9.17) is 22.1 Å². The summed E-state index contributed by atoms with van der Waals surface area (Å²) in [5.74, 6) is 1.22. The van der Waals surface area contributed by atoms with Gasteiger partial charge in [0.2, 0.25) is 5.88 Å². The number of hydrogen-bond donors (Lipinski definition) is 1. The minimum absolute atomic E-state index is 0.346. The van der Waals surface area contributed by atoms with Crippen molar-refractivity contribution in [1.82, 2.24) is 9.97 Å². The molecule has 1 heterocycles. The van der Waals surface area contributed by atoms with Crippen LogP contribution in [-0.4, -0.2) is 9.97 Å². The molecule has 82 valence electrons. The van der Waals surface area contributed by atoms with Crippen molar-refractivity contribution in [2.75, 3.05) is 5.73 Å². The number of ether oxygens (including phenoxy) is 1. The Balaban J connectivity index is 2.27. The van der Waals surface area contributed by atoms with Gasteiger partial charge in [-0.25, -0.2) is 9.97 Å². The lowest BCUT2D eigenvalue weighted by molar-refractivity contribution is 0.462. The predicted octanol–water partition coefficient (Wildman–Crippen LogP) is 3.27. The van der Waals surface area contributed by atoms with E-state index in [9.17, 15) is 0 Å². The number of aromatic nitrogens is 2. The zero-order valence-corrected chi connectivity index (χ0v) is 10.4. The first kappa shape index (κ1) is 11.2. The summed E-state index contributed by atoms with van der Waals surface area (Å²) in [6, 6.07) is 6.83. The number of benzene rings is 1. The molecule has 1 aromatic carbocycles.